The van der Waals surface area contributed by atoms with Crippen molar-refractivity contribution in [1.29, 1.82) is 0 Å². The summed E-state index contributed by atoms with van der Waals surface area (Å²) in [7, 11) is 0. The number of nitrogens with zero attached hydrogens (tertiary/aromatic N) is 3. The summed E-state index contributed by atoms with van der Waals surface area (Å²) in [5, 5.41) is 13.8. The molecule has 142 valence electrons. The van der Waals surface area contributed by atoms with Gasteiger partial charge in [0.15, 0.2) is 5.01 Å². The van der Waals surface area contributed by atoms with E-state index < -0.39 is 5.91 Å². The number of hydrogen-bond donors (Lipinski definition) is 1. The first-order valence-corrected chi connectivity index (χ1v) is 10.3. The molecule has 3 amide bonds. The Labute approximate surface area is 169 Å². The molecule has 0 fully saturated rings. The summed E-state index contributed by atoms with van der Waals surface area (Å²) >= 11 is 2.82. The summed E-state index contributed by atoms with van der Waals surface area (Å²) < 4.78 is 0. The van der Waals surface area contributed by atoms with E-state index in [0.29, 0.717) is 22.8 Å². The fourth-order valence-electron chi connectivity index (χ4n) is 2.91. The number of carbonyl (C=O) groups is 3. The maximum absolute atomic E-state index is 12.6. The topological polar surface area (TPSA) is 92.3 Å². The van der Waals surface area contributed by atoms with Gasteiger partial charge in [-0.1, -0.05) is 31.3 Å². The number of hydrogen-bond acceptors (Lipinski definition) is 7. The van der Waals surface area contributed by atoms with Gasteiger partial charge >= 0.3 is 0 Å². The summed E-state index contributed by atoms with van der Waals surface area (Å²) in [6.45, 7) is 4.23. The van der Waals surface area contributed by atoms with Crippen LogP contribution in [0.25, 0.3) is 9.88 Å². The smallest absolute Gasteiger partial charge is 0.261 e. The van der Waals surface area contributed by atoms with Crippen LogP contribution in [0.15, 0.2) is 35.7 Å². The first kappa shape index (κ1) is 18.5. The van der Waals surface area contributed by atoms with Crippen molar-refractivity contribution < 1.29 is 14.4 Å². The number of amides is 3. The van der Waals surface area contributed by atoms with Crippen molar-refractivity contribution in [3.05, 3.63) is 52.4 Å². The first-order valence-electron chi connectivity index (χ1n) is 8.63. The zero-order valence-corrected chi connectivity index (χ0v) is 16.8. The molecular formula is C19H16N4O3S2. The van der Waals surface area contributed by atoms with Gasteiger partial charge in [0.2, 0.25) is 5.13 Å². The highest BCUT2D eigenvalue weighted by Gasteiger charge is 2.36. The van der Waals surface area contributed by atoms with Gasteiger partial charge in [-0.15, -0.1) is 21.5 Å². The lowest BCUT2D eigenvalue weighted by Crippen LogP contribution is -2.33. The quantitative estimate of drug-likeness (QED) is 0.644. The van der Waals surface area contributed by atoms with Crippen molar-refractivity contribution in [2.75, 3.05) is 11.9 Å². The van der Waals surface area contributed by atoms with Crippen molar-refractivity contribution in [1.82, 2.24) is 15.1 Å². The van der Waals surface area contributed by atoms with Crippen LogP contribution >= 0.6 is 22.7 Å². The summed E-state index contributed by atoms with van der Waals surface area (Å²) in [6.07, 6.45) is 0. The van der Waals surface area contributed by atoms with E-state index in [-0.39, 0.29) is 23.3 Å². The lowest BCUT2D eigenvalue weighted by atomic mass is 10.1. The maximum atomic E-state index is 12.6. The summed E-state index contributed by atoms with van der Waals surface area (Å²) in [6, 6.07) is 8.39. The van der Waals surface area contributed by atoms with Crippen LogP contribution in [0.4, 0.5) is 5.13 Å². The van der Waals surface area contributed by atoms with Crippen molar-refractivity contribution in [3.63, 3.8) is 0 Å². The number of carbonyl (C=O) groups excluding carboxylic acids is 3. The average molecular weight is 412 g/mol. The van der Waals surface area contributed by atoms with Crippen LogP contribution in [0.2, 0.25) is 0 Å². The molecule has 3 heterocycles. The number of thiophene rings is 1. The highest BCUT2D eigenvalue weighted by Crippen LogP contribution is 2.30. The second kappa shape index (κ2) is 7.25. The van der Waals surface area contributed by atoms with Gasteiger partial charge in [-0.05, 0) is 35.6 Å². The molecule has 7 nitrogen and oxygen atoms in total. The Morgan fingerprint density at radius 1 is 1.14 bits per heavy atom. The van der Waals surface area contributed by atoms with Gasteiger partial charge in [0, 0.05) is 12.1 Å². The molecule has 0 saturated heterocycles. The number of nitrogens with one attached hydrogen (secondary N) is 1. The third kappa shape index (κ3) is 3.34. The van der Waals surface area contributed by atoms with Gasteiger partial charge in [-0.3, -0.25) is 24.6 Å². The van der Waals surface area contributed by atoms with E-state index in [0.717, 1.165) is 9.88 Å². The Bertz CT molecular complexity index is 1070. The fourth-order valence-corrected chi connectivity index (χ4v) is 4.44. The molecule has 0 unspecified atom stereocenters. The minimum atomic E-state index is -0.403. The predicted octanol–water partition coefficient (Wildman–Crippen LogP) is 3.77. The average Bonchev–Trinajstić information content (AvgIpc) is 3.39. The van der Waals surface area contributed by atoms with Crippen LogP contribution in [-0.4, -0.2) is 39.4 Å². The molecule has 4 rings (SSSR count). The minimum Gasteiger partial charge on any atom is -0.296 e. The SMILES string of the molecule is CC(C)CN1C(=O)c2ccc(C(=O)Nc3nnc(-c4cccs4)s3)cc2C1=O. The molecule has 3 aromatic rings. The summed E-state index contributed by atoms with van der Waals surface area (Å²) in [5.41, 5.74) is 0.882. The molecule has 1 N–H and O–H groups in total. The van der Waals surface area contributed by atoms with Crippen LogP contribution in [0, 0.1) is 5.92 Å². The van der Waals surface area contributed by atoms with Crippen LogP contribution < -0.4 is 5.32 Å². The largest absolute Gasteiger partial charge is 0.296 e. The number of imide groups is 1. The molecule has 28 heavy (non-hydrogen) atoms. The fraction of sp³-hybridized carbons (Fsp3) is 0.211. The molecule has 0 aliphatic carbocycles. The normalized spacial score (nSPS) is 13.3. The number of anilines is 1. The molecule has 0 spiro atoms. The maximum Gasteiger partial charge on any atom is 0.261 e. The van der Waals surface area contributed by atoms with Crippen molar-refractivity contribution >= 4 is 45.5 Å². The van der Waals surface area contributed by atoms with E-state index in [9.17, 15) is 14.4 Å². The van der Waals surface area contributed by atoms with E-state index in [1.54, 1.807) is 17.4 Å². The summed E-state index contributed by atoms with van der Waals surface area (Å²) in [5.74, 6) is -0.913. The molecule has 1 aliphatic heterocycles. The Hall–Kier alpha value is -2.91. The van der Waals surface area contributed by atoms with Crippen LogP contribution in [0.3, 0.4) is 0 Å². The van der Waals surface area contributed by atoms with Crippen molar-refractivity contribution in [2.45, 2.75) is 13.8 Å². The van der Waals surface area contributed by atoms with E-state index in [2.05, 4.69) is 15.5 Å². The number of rotatable bonds is 5. The molecule has 9 heteroatoms. The number of fused-ring (bicyclic) bond motifs is 1. The number of aromatic nitrogens is 2. The monoisotopic (exact) mass is 412 g/mol. The first-order chi connectivity index (χ1) is 13.4. The van der Waals surface area contributed by atoms with Crippen LogP contribution in [-0.2, 0) is 0 Å². The third-order valence-corrected chi connectivity index (χ3v) is 6.04. The Morgan fingerprint density at radius 3 is 2.64 bits per heavy atom. The zero-order chi connectivity index (χ0) is 19.8. The molecule has 0 saturated carbocycles. The Morgan fingerprint density at radius 2 is 1.93 bits per heavy atom. The number of benzene rings is 1. The van der Waals surface area contributed by atoms with E-state index >= 15 is 0 Å². The van der Waals surface area contributed by atoms with Crippen molar-refractivity contribution in [3.8, 4) is 9.88 Å². The van der Waals surface area contributed by atoms with Crippen LogP contribution in [0.5, 0.6) is 0 Å². The lowest BCUT2D eigenvalue weighted by Gasteiger charge is -2.15. The molecule has 0 bridgehead atoms. The molecule has 1 aromatic carbocycles. The van der Waals surface area contributed by atoms with Gasteiger partial charge < -0.3 is 0 Å². The minimum absolute atomic E-state index is 0.167. The van der Waals surface area contributed by atoms with Gasteiger partial charge in [-0.25, -0.2) is 0 Å². The standard InChI is InChI=1S/C19H16N4O3S2/c1-10(2)9-23-17(25)12-6-5-11(8-13(12)18(23)26)15(24)20-19-22-21-16(28-19)14-4-3-7-27-14/h3-8,10H,9H2,1-2H3,(H,20,22,24). The molecule has 1 aliphatic rings. The third-order valence-electron chi connectivity index (χ3n) is 4.16. The second-order valence-corrected chi connectivity index (χ2v) is 8.64. The van der Waals surface area contributed by atoms with E-state index in [4.69, 9.17) is 0 Å². The van der Waals surface area contributed by atoms with Gasteiger partial charge in [0.1, 0.15) is 0 Å². The molecule has 0 atom stereocenters. The second-order valence-electron chi connectivity index (χ2n) is 6.72. The van der Waals surface area contributed by atoms with Gasteiger partial charge in [-0.2, -0.15) is 0 Å². The molecular weight excluding hydrogens is 396 g/mol. The molecule has 0 radical (unpaired) electrons. The zero-order valence-electron chi connectivity index (χ0n) is 15.1. The van der Waals surface area contributed by atoms with Gasteiger partial charge in [0.25, 0.3) is 17.7 Å². The summed E-state index contributed by atoms with van der Waals surface area (Å²) in [4.78, 5) is 39.8. The predicted molar refractivity (Wildman–Crippen MR) is 108 cm³/mol. The lowest BCUT2D eigenvalue weighted by molar-refractivity contribution is 0.0636. The Balaban J connectivity index is 1.53. The molecule has 2 aromatic heterocycles. The van der Waals surface area contributed by atoms with E-state index in [1.807, 2.05) is 31.4 Å². The Kier molecular flexibility index (Phi) is 4.78. The van der Waals surface area contributed by atoms with Gasteiger partial charge in [0.05, 0.1) is 16.0 Å². The van der Waals surface area contributed by atoms with E-state index in [1.165, 1.54) is 28.4 Å². The van der Waals surface area contributed by atoms with Crippen LogP contribution in [0.1, 0.15) is 44.9 Å². The highest BCUT2D eigenvalue weighted by atomic mass is 32.1. The van der Waals surface area contributed by atoms with Crippen molar-refractivity contribution in [2.24, 2.45) is 5.92 Å². The highest BCUT2D eigenvalue weighted by molar-refractivity contribution is 7.23.